The van der Waals surface area contributed by atoms with E-state index in [9.17, 15) is 9.90 Å². The number of nitrogens with one attached hydrogen (secondary N) is 1. The minimum Gasteiger partial charge on any atom is -0.481 e. The van der Waals surface area contributed by atoms with Crippen molar-refractivity contribution in [3.05, 3.63) is 0 Å². The number of hydrogen-bond acceptors (Lipinski definition) is 2. The first-order valence-electron chi connectivity index (χ1n) is 6.20. The van der Waals surface area contributed by atoms with E-state index in [4.69, 9.17) is 0 Å². The Labute approximate surface area is 91.2 Å². The van der Waals surface area contributed by atoms with E-state index in [1.165, 1.54) is 19.3 Å². The predicted molar refractivity (Wildman–Crippen MR) is 58.7 cm³/mol. The number of carbonyl (C=O) groups is 1. The summed E-state index contributed by atoms with van der Waals surface area (Å²) >= 11 is 0. The summed E-state index contributed by atoms with van der Waals surface area (Å²) in [5.41, 5.74) is -0.397. The highest BCUT2D eigenvalue weighted by atomic mass is 16.4. The third kappa shape index (κ3) is 2.03. The van der Waals surface area contributed by atoms with Crippen molar-refractivity contribution >= 4 is 5.97 Å². The van der Waals surface area contributed by atoms with E-state index in [-0.39, 0.29) is 0 Å². The topological polar surface area (TPSA) is 49.3 Å². The highest BCUT2D eigenvalue weighted by molar-refractivity contribution is 5.75. The second-order valence-corrected chi connectivity index (χ2v) is 5.05. The molecule has 15 heavy (non-hydrogen) atoms. The lowest BCUT2D eigenvalue weighted by molar-refractivity contribution is -0.156. The fraction of sp³-hybridized carbons (Fsp3) is 0.917. The van der Waals surface area contributed by atoms with Gasteiger partial charge in [0.05, 0.1) is 5.41 Å². The molecule has 1 aliphatic carbocycles. The van der Waals surface area contributed by atoms with Crippen molar-refractivity contribution in [3.8, 4) is 0 Å². The van der Waals surface area contributed by atoms with E-state index < -0.39 is 11.4 Å². The Morgan fingerprint density at radius 3 is 2.27 bits per heavy atom. The van der Waals surface area contributed by atoms with Gasteiger partial charge in [-0.25, -0.2) is 0 Å². The Morgan fingerprint density at radius 1 is 1.13 bits per heavy atom. The second kappa shape index (κ2) is 4.52. The lowest BCUT2D eigenvalue weighted by Crippen LogP contribution is -2.47. The molecule has 0 spiro atoms. The summed E-state index contributed by atoms with van der Waals surface area (Å²) in [6.07, 6.45) is 7.67. The van der Waals surface area contributed by atoms with Gasteiger partial charge in [-0.3, -0.25) is 4.79 Å². The van der Waals surface area contributed by atoms with Crippen LogP contribution < -0.4 is 5.32 Å². The Hall–Kier alpha value is -0.570. The molecule has 2 fully saturated rings. The van der Waals surface area contributed by atoms with Gasteiger partial charge in [0.1, 0.15) is 0 Å². The molecule has 3 nitrogen and oxygen atoms in total. The maximum atomic E-state index is 11.5. The molecule has 0 aromatic heterocycles. The molecule has 0 aromatic rings. The summed E-state index contributed by atoms with van der Waals surface area (Å²) in [5, 5.41) is 12.8. The van der Waals surface area contributed by atoms with Crippen LogP contribution in [0.4, 0.5) is 0 Å². The van der Waals surface area contributed by atoms with Crippen LogP contribution >= 0.6 is 0 Å². The minimum atomic E-state index is -0.545. The molecule has 0 aromatic carbocycles. The van der Waals surface area contributed by atoms with Crippen LogP contribution in [0.5, 0.6) is 0 Å². The molecule has 0 amide bonds. The number of hydrogen-bond donors (Lipinski definition) is 2. The number of carboxylic acids is 1. The summed E-state index contributed by atoms with van der Waals surface area (Å²) in [6, 6.07) is 0. The van der Waals surface area contributed by atoms with E-state index in [2.05, 4.69) is 5.32 Å². The first-order valence-corrected chi connectivity index (χ1v) is 6.20. The Kier molecular flexibility index (Phi) is 3.29. The van der Waals surface area contributed by atoms with Crippen LogP contribution in [-0.4, -0.2) is 24.2 Å². The molecule has 0 radical (unpaired) electrons. The van der Waals surface area contributed by atoms with Crippen molar-refractivity contribution in [3.63, 3.8) is 0 Å². The van der Waals surface area contributed by atoms with Crippen molar-refractivity contribution in [2.45, 2.75) is 44.9 Å². The summed E-state index contributed by atoms with van der Waals surface area (Å²) in [7, 11) is 0. The zero-order chi connectivity index (χ0) is 10.7. The molecule has 1 saturated carbocycles. The average molecular weight is 211 g/mol. The SMILES string of the molecule is O=C(O)C1(C2CCCCC2)CCNCC1. The number of carboxylic acid groups (broad SMARTS) is 1. The first-order chi connectivity index (χ1) is 7.26. The van der Waals surface area contributed by atoms with Crippen LogP contribution in [0.15, 0.2) is 0 Å². The van der Waals surface area contributed by atoms with Crippen molar-refractivity contribution in [1.29, 1.82) is 0 Å². The number of rotatable bonds is 2. The van der Waals surface area contributed by atoms with Crippen LogP contribution in [0.2, 0.25) is 0 Å². The van der Waals surface area contributed by atoms with Crippen LogP contribution in [-0.2, 0) is 4.79 Å². The van der Waals surface area contributed by atoms with Gasteiger partial charge >= 0.3 is 5.97 Å². The van der Waals surface area contributed by atoms with Gasteiger partial charge in [0.25, 0.3) is 0 Å². The molecule has 2 N–H and O–H groups in total. The highest BCUT2D eigenvalue weighted by Gasteiger charge is 2.46. The van der Waals surface area contributed by atoms with Crippen LogP contribution in [0, 0.1) is 11.3 Å². The Morgan fingerprint density at radius 2 is 1.73 bits per heavy atom. The predicted octanol–water partition coefficient (Wildman–Crippen LogP) is 2.02. The van der Waals surface area contributed by atoms with E-state index in [1.54, 1.807) is 0 Å². The molecule has 1 saturated heterocycles. The first kappa shape index (κ1) is 10.9. The Bertz CT molecular complexity index is 228. The molecule has 2 aliphatic rings. The normalized spacial score (nSPS) is 27.5. The molecule has 0 unspecified atom stereocenters. The minimum absolute atomic E-state index is 0.397. The molecule has 3 heteroatoms. The zero-order valence-electron chi connectivity index (χ0n) is 9.30. The van der Waals surface area contributed by atoms with Gasteiger partial charge < -0.3 is 10.4 Å². The van der Waals surface area contributed by atoms with Crippen LogP contribution in [0.25, 0.3) is 0 Å². The van der Waals surface area contributed by atoms with Crippen molar-refractivity contribution in [2.24, 2.45) is 11.3 Å². The lowest BCUT2D eigenvalue weighted by atomic mass is 9.64. The largest absolute Gasteiger partial charge is 0.481 e. The quantitative estimate of drug-likeness (QED) is 0.734. The molecule has 1 heterocycles. The van der Waals surface area contributed by atoms with Crippen LogP contribution in [0.1, 0.15) is 44.9 Å². The highest BCUT2D eigenvalue weighted by Crippen LogP contribution is 2.44. The Balaban J connectivity index is 2.12. The number of aliphatic carboxylic acids is 1. The van der Waals surface area contributed by atoms with Crippen LogP contribution in [0.3, 0.4) is 0 Å². The smallest absolute Gasteiger partial charge is 0.310 e. The molecule has 86 valence electrons. The monoisotopic (exact) mass is 211 g/mol. The standard InChI is InChI=1S/C12H21NO2/c14-11(15)12(6-8-13-9-7-12)10-4-2-1-3-5-10/h10,13H,1-9H2,(H,14,15). The van der Waals surface area contributed by atoms with Crippen molar-refractivity contribution < 1.29 is 9.90 Å². The van der Waals surface area contributed by atoms with Gasteiger partial charge in [0.15, 0.2) is 0 Å². The average Bonchev–Trinajstić information content (AvgIpc) is 2.31. The van der Waals surface area contributed by atoms with E-state index in [0.717, 1.165) is 38.8 Å². The molecule has 2 rings (SSSR count). The van der Waals surface area contributed by atoms with Gasteiger partial charge in [0, 0.05) is 0 Å². The third-order valence-electron chi connectivity index (χ3n) is 4.31. The zero-order valence-corrected chi connectivity index (χ0v) is 9.30. The van der Waals surface area contributed by atoms with Gasteiger partial charge in [0.2, 0.25) is 0 Å². The maximum Gasteiger partial charge on any atom is 0.310 e. The van der Waals surface area contributed by atoms with Gasteiger partial charge in [-0.2, -0.15) is 0 Å². The van der Waals surface area contributed by atoms with Gasteiger partial charge in [-0.15, -0.1) is 0 Å². The summed E-state index contributed by atoms with van der Waals surface area (Å²) in [5.74, 6) is -0.109. The fourth-order valence-electron chi connectivity index (χ4n) is 3.32. The van der Waals surface area contributed by atoms with Crippen molar-refractivity contribution in [2.75, 3.05) is 13.1 Å². The lowest BCUT2D eigenvalue weighted by Gasteiger charge is -2.42. The van der Waals surface area contributed by atoms with Crippen molar-refractivity contribution in [1.82, 2.24) is 5.32 Å². The summed E-state index contributed by atoms with van der Waals surface area (Å²) in [6.45, 7) is 1.76. The number of piperidine rings is 1. The molecular formula is C12H21NO2. The van der Waals surface area contributed by atoms with E-state index in [1.807, 2.05) is 0 Å². The maximum absolute atomic E-state index is 11.5. The van der Waals surface area contributed by atoms with E-state index in [0.29, 0.717) is 5.92 Å². The second-order valence-electron chi connectivity index (χ2n) is 5.05. The summed E-state index contributed by atoms with van der Waals surface area (Å²) < 4.78 is 0. The van der Waals surface area contributed by atoms with E-state index >= 15 is 0 Å². The summed E-state index contributed by atoms with van der Waals surface area (Å²) in [4.78, 5) is 11.5. The molecular weight excluding hydrogens is 190 g/mol. The fourth-order valence-corrected chi connectivity index (χ4v) is 3.32. The van der Waals surface area contributed by atoms with Gasteiger partial charge in [-0.1, -0.05) is 19.3 Å². The molecule has 0 atom stereocenters. The third-order valence-corrected chi connectivity index (χ3v) is 4.31. The molecule has 1 aliphatic heterocycles. The molecule has 0 bridgehead atoms. The van der Waals surface area contributed by atoms with Gasteiger partial charge in [-0.05, 0) is 44.7 Å².